The normalized spacial score (nSPS) is 12.5. The van der Waals surface area contributed by atoms with E-state index >= 15 is 0 Å². The summed E-state index contributed by atoms with van der Waals surface area (Å²) in [5, 5.41) is 14.3. The van der Waals surface area contributed by atoms with Crippen LogP contribution in [0.2, 0.25) is 0 Å². The topological polar surface area (TPSA) is 64.4 Å². The number of rotatable bonds is 7. The molecule has 0 bridgehead atoms. The lowest BCUT2D eigenvalue weighted by molar-refractivity contribution is -0.384. The molecule has 106 valence electrons. The average Bonchev–Trinajstić information content (AvgIpc) is 2.35. The number of benzene rings is 1. The average molecular weight is 266 g/mol. The van der Waals surface area contributed by atoms with E-state index in [-0.39, 0.29) is 16.7 Å². The Hall–Kier alpha value is -1.62. The summed E-state index contributed by atoms with van der Waals surface area (Å²) in [6.07, 6.45) is 0. The number of aryl methyl sites for hydroxylation is 1. The first kappa shape index (κ1) is 15.4. The Labute approximate surface area is 114 Å². The third kappa shape index (κ3) is 4.52. The second-order valence-corrected chi connectivity index (χ2v) is 4.93. The van der Waals surface area contributed by atoms with E-state index in [0.29, 0.717) is 24.8 Å². The number of ether oxygens (including phenoxy) is 1. The summed E-state index contributed by atoms with van der Waals surface area (Å²) in [5.74, 6) is 0.326. The molecule has 0 aliphatic rings. The van der Waals surface area contributed by atoms with E-state index in [2.05, 4.69) is 19.2 Å². The molecule has 0 spiro atoms. The van der Waals surface area contributed by atoms with Gasteiger partial charge in [-0.3, -0.25) is 10.1 Å². The van der Waals surface area contributed by atoms with E-state index in [1.54, 1.807) is 12.1 Å². The fourth-order valence-corrected chi connectivity index (χ4v) is 1.76. The van der Waals surface area contributed by atoms with Crippen molar-refractivity contribution in [3.63, 3.8) is 0 Å². The Morgan fingerprint density at radius 1 is 1.42 bits per heavy atom. The van der Waals surface area contributed by atoms with E-state index < -0.39 is 0 Å². The molecule has 0 saturated carbocycles. The molecule has 0 heterocycles. The van der Waals surface area contributed by atoms with Crippen LogP contribution >= 0.6 is 0 Å². The van der Waals surface area contributed by atoms with E-state index in [1.807, 2.05) is 19.9 Å². The molecule has 1 N–H and O–H groups in total. The lowest BCUT2D eigenvalue weighted by Crippen LogP contribution is -2.31. The summed E-state index contributed by atoms with van der Waals surface area (Å²) in [6, 6.07) is 5.27. The molecule has 0 amide bonds. The standard InChI is InChI=1S/C14H22N2O3/c1-5-19-9-13(10(2)3)15-12-7-6-11(4)8-14(12)16(17)18/h6-8,10,13,15H,5,9H2,1-4H3. The Kier molecular flexibility index (Phi) is 5.76. The summed E-state index contributed by atoms with van der Waals surface area (Å²) in [7, 11) is 0. The maximum absolute atomic E-state index is 11.1. The van der Waals surface area contributed by atoms with E-state index in [1.165, 1.54) is 0 Å². The van der Waals surface area contributed by atoms with Gasteiger partial charge in [0.05, 0.1) is 17.6 Å². The quantitative estimate of drug-likeness (QED) is 0.607. The van der Waals surface area contributed by atoms with E-state index in [4.69, 9.17) is 4.74 Å². The summed E-state index contributed by atoms with van der Waals surface area (Å²) in [4.78, 5) is 10.7. The Morgan fingerprint density at radius 3 is 2.63 bits per heavy atom. The van der Waals surface area contributed by atoms with Gasteiger partial charge in [0.15, 0.2) is 0 Å². The molecule has 5 heteroatoms. The minimum absolute atomic E-state index is 0.0568. The Morgan fingerprint density at radius 2 is 2.11 bits per heavy atom. The number of anilines is 1. The molecular formula is C14H22N2O3. The van der Waals surface area contributed by atoms with Gasteiger partial charge in [-0.05, 0) is 31.4 Å². The van der Waals surface area contributed by atoms with Crippen LogP contribution in [-0.4, -0.2) is 24.2 Å². The monoisotopic (exact) mass is 266 g/mol. The number of nitro groups is 1. The lowest BCUT2D eigenvalue weighted by Gasteiger charge is -2.23. The fourth-order valence-electron chi connectivity index (χ4n) is 1.76. The van der Waals surface area contributed by atoms with Crippen molar-refractivity contribution >= 4 is 11.4 Å². The van der Waals surface area contributed by atoms with Crippen molar-refractivity contribution in [2.24, 2.45) is 5.92 Å². The predicted molar refractivity (Wildman–Crippen MR) is 76.6 cm³/mol. The van der Waals surface area contributed by atoms with Crippen LogP contribution in [0.4, 0.5) is 11.4 Å². The molecule has 1 atom stereocenters. The first-order valence-corrected chi connectivity index (χ1v) is 6.55. The van der Waals surface area contributed by atoms with Crippen molar-refractivity contribution < 1.29 is 9.66 Å². The molecule has 0 fully saturated rings. The molecule has 0 aromatic heterocycles. The SMILES string of the molecule is CCOCC(Nc1ccc(C)cc1[N+](=O)[O-])C(C)C. The molecule has 19 heavy (non-hydrogen) atoms. The zero-order valence-electron chi connectivity index (χ0n) is 12.0. The van der Waals surface area contributed by atoms with Gasteiger partial charge >= 0.3 is 0 Å². The van der Waals surface area contributed by atoms with Gasteiger partial charge in [-0.15, -0.1) is 0 Å². The third-order valence-electron chi connectivity index (χ3n) is 3.00. The maximum Gasteiger partial charge on any atom is 0.292 e. The fraction of sp³-hybridized carbons (Fsp3) is 0.571. The number of hydrogen-bond donors (Lipinski definition) is 1. The highest BCUT2D eigenvalue weighted by Gasteiger charge is 2.19. The van der Waals surface area contributed by atoms with Gasteiger partial charge in [-0.1, -0.05) is 19.9 Å². The van der Waals surface area contributed by atoms with Crippen LogP contribution in [0.15, 0.2) is 18.2 Å². The van der Waals surface area contributed by atoms with Gasteiger partial charge in [0.1, 0.15) is 5.69 Å². The van der Waals surface area contributed by atoms with Crippen LogP contribution in [0.25, 0.3) is 0 Å². The van der Waals surface area contributed by atoms with Crippen LogP contribution in [-0.2, 0) is 4.74 Å². The van der Waals surface area contributed by atoms with Crippen molar-refractivity contribution in [1.29, 1.82) is 0 Å². The minimum Gasteiger partial charge on any atom is -0.380 e. The van der Waals surface area contributed by atoms with Crippen molar-refractivity contribution in [3.8, 4) is 0 Å². The molecule has 1 aromatic carbocycles. The Bertz CT molecular complexity index is 433. The largest absolute Gasteiger partial charge is 0.380 e. The smallest absolute Gasteiger partial charge is 0.292 e. The van der Waals surface area contributed by atoms with Gasteiger partial charge in [0, 0.05) is 12.7 Å². The summed E-state index contributed by atoms with van der Waals surface area (Å²) < 4.78 is 5.42. The van der Waals surface area contributed by atoms with Crippen LogP contribution in [0.5, 0.6) is 0 Å². The van der Waals surface area contributed by atoms with Gasteiger partial charge in [-0.2, -0.15) is 0 Å². The molecule has 0 aliphatic heterocycles. The summed E-state index contributed by atoms with van der Waals surface area (Å²) in [5.41, 5.74) is 1.54. The molecular weight excluding hydrogens is 244 g/mol. The molecule has 5 nitrogen and oxygen atoms in total. The highest BCUT2D eigenvalue weighted by molar-refractivity contribution is 5.63. The first-order valence-electron chi connectivity index (χ1n) is 6.55. The van der Waals surface area contributed by atoms with Crippen LogP contribution in [0.3, 0.4) is 0 Å². The van der Waals surface area contributed by atoms with E-state index in [9.17, 15) is 10.1 Å². The molecule has 0 aliphatic carbocycles. The second-order valence-electron chi connectivity index (χ2n) is 4.93. The predicted octanol–water partition coefficient (Wildman–Crippen LogP) is 3.38. The van der Waals surface area contributed by atoms with Crippen LogP contribution in [0.1, 0.15) is 26.3 Å². The van der Waals surface area contributed by atoms with Gasteiger partial charge in [0.25, 0.3) is 5.69 Å². The van der Waals surface area contributed by atoms with Crippen molar-refractivity contribution in [2.75, 3.05) is 18.5 Å². The van der Waals surface area contributed by atoms with Crippen LogP contribution < -0.4 is 5.32 Å². The highest BCUT2D eigenvalue weighted by atomic mass is 16.6. The maximum atomic E-state index is 11.1. The van der Waals surface area contributed by atoms with Crippen LogP contribution in [0, 0.1) is 23.0 Å². The zero-order chi connectivity index (χ0) is 14.4. The van der Waals surface area contributed by atoms with Gasteiger partial charge in [0.2, 0.25) is 0 Å². The highest BCUT2D eigenvalue weighted by Crippen LogP contribution is 2.27. The summed E-state index contributed by atoms with van der Waals surface area (Å²) in [6.45, 7) is 9.09. The first-order chi connectivity index (χ1) is 8.95. The molecule has 0 radical (unpaired) electrons. The van der Waals surface area contributed by atoms with Crippen molar-refractivity contribution in [3.05, 3.63) is 33.9 Å². The Balaban J connectivity index is 2.92. The number of hydrogen-bond acceptors (Lipinski definition) is 4. The third-order valence-corrected chi connectivity index (χ3v) is 3.00. The number of nitrogens with zero attached hydrogens (tertiary/aromatic N) is 1. The minimum atomic E-state index is -0.354. The zero-order valence-corrected chi connectivity index (χ0v) is 12.0. The second kappa shape index (κ2) is 7.09. The van der Waals surface area contributed by atoms with Gasteiger partial charge in [-0.25, -0.2) is 0 Å². The van der Waals surface area contributed by atoms with E-state index in [0.717, 1.165) is 5.56 Å². The summed E-state index contributed by atoms with van der Waals surface area (Å²) >= 11 is 0. The number of nitrogens with one attached hydrogen (secondary N) is 1. The van der Waals surface area contributed by atoms with Crippen molar-refractivity contribution in [1.82, 2.24) is 0 Å². The van der Waals surface area contributed by atoms with Gasteiger partial charge < -0.3 is 10.1 Å². The molecule has 1 unspecified atom stereocenters. The molecule has 1 rings (SSSR count). The number of nitro benzene ring substituents is 1. The molecule has 0 saturated heterocycles. The van der Waals surface area contributed by atoms with Crippen molar-refractivity contribution in [2.45, 2.75) is 33.7 Å². The molecule has 1 aromatic rings. The lowest BCUT2D eigenvalue weighted by atomic mass is 10.0.